The lowest BCUT2D eigenvalue weighted by Crippen LogP contribution is -2.57. The third-order valence-corrected chi connectivity index (χ3v) is 15.8. The van der Waals surface area contributed by atoms with Gasteiger partial charge in [0.05, 0.1) is 17.7 Å². The number of nitrogens with zero attached hydrogens (tertiary/aromatic N) is 7. The van der Waals surface area contributed by atoms with E-state index >= 15 is 0 Å². The van der Waals surface area contributed by atoms with E-state index in [-0.39, 0.29) is 35.6 Å². The molecule has 322 valence electrons. The van der Waals surface area contributed by atoms with Gasteiger partial charge in [0.25, 0.3) is 17.7 Å². The normalized spacial score (nSPS) is 24.0. The molecule has 3 aromatic rings. The maximum absolute atomic E-state index is 13.8. The minimum atomic E-state index is -0.968. The van der Waals surface area contributed by atoms with Gasteiger partial charge in [0.2, 0.25) is 17.5 Å². The Balaban J connectivity index is 0.709. The van der Waals surface area contributed by atoms with Gasteiger partial charge in [0.1, 0.15) is 6.04 Å². The summed E-state index contributed by atoms with van der Waals surface area (Å²) >= 11 is 6.33. The number of carbonyl (C=O) groups excluding carboxylic acids is 5. The maximum atomic E-state index is 13.8. The molecule has 0 aromatic heterocycles. The van der Waals surface area contributed by atoms with Crippen molar-refractivity contribution in [2.75, 3.05) is 73.6 Å². The fourth-order valence-corrected chi connectivity index (χ4v) is 12.1. The zero-order valence-corrected chi connectivity index (χ0v) is 35.9. The van der Waals surface area contributed by atoms with Gasteiger partial charge in [-0.2, -0.15) is 0 Å². The molecule has 1 atom stereocenters. The number of hydrogen-bond acceptors (Lipinski definition) is 9. The molecule has 6 saturated heterocycles. The van der Waals surface area contributed by atoms with Crippen molar-refractivity contribution in [2.24, 2.45) is 5.41 Å². The van der Waals surface area contributed by atoms with Gasteiger partial charge in [-0.1, -0.05) is 17.7 Å². The summed E-state index contributed by atoms with van der Waals surface area (Å²) in [6, 6.07) is 19.0. The van der Waals surface area contributed by atoms with Crippen LogP contribution < -0.4 is 20.0 Å². The van der Waals surface area contributed by atoms with Crippen molar-refractivity contribution in [1.29, 1.82) is 0 Å². The van der Waals surface area contributed by atoms with Crippen molar-refractivity contribution in [3.63, 3.8) is 0 Å². The molecule has 62 heavy (non-hydrogen) atoms. The van der Waals surface area contributed by atoms with Gasteiger partial charge in [-0.25, -0.2) is 4.85 Å². The number of anilines is 3. The number of nitrogens with one attached hydrogen (secondary N) is 1. The Morgan fingerprint density at radius 2 is 1.32 bits per heavy atom. The monoisotopic (exact) mass is 856 g/mol. The van der Waals surface area contributed by atoms with Crippen molar-refractivity contribution in [1.82, 2.24) is 20.0 Å². The Kier molecular flexibility index (Phi) is 10.5. The SMILES string of the molecule is [C-]#[N+]c1ccc(N2CCC3(CCN(C(=O)c4ccc(N5CCC6(CCCN6C6CCN(c7ccc8c(c7)C(=O)N(C7CCC(=O)NC7=O)C8=O)CC6)CC5)cc4)C3)CC2)cc1Cl. The highest BCUT2D eigenvalue weighted by molar-refractivity contribution is 6.33. The highest BCUT2D eigenvalue weighted by Crippen LogP contribution is 2.45. The van der Waals surface area contributed by atoms with Crippen LogP contribution in [-0.2, 0) is 9.59 Å². The molecular weight excluding hydrogens is 804 g/mol. The lowest BCUT2D eigenvalue weighted by atomic mass is 9.77. The molecule has 6 fully saturated rings. The molecule has 7 heterocycles. The summed E-state index contributed by atoms with van der Waals surface area (Å²) < 4.78 is 0. The molecule has 5 amide bonds. The van der Waals surface area contributed by atoms with Crippen LogP contribution in [0.4, 0.5) is 22.7 Å². The molecule has 0 saturated carbocycles. The number of fused-ring (bicyclic) bond motifs is 1. The molecule has 0 aliphatic carbocycles. The Bertz CT molecular complexity index is 2360. The Morgan fingerprint density at radius 3 is 2.03 bits per heavy atom. The van der Waals surface area contributed by atoms with Gasteiger partial charge in [-0.15, -0.1) is 0 Å². The quantitative estimate of drug-likeness (QED) is 0.218. The number of imide groups is 2. The molecule has 1 unspecified atom stereocenters. The smallest absolute Gasteiger partial charge is 0.262 e. The van der Waals surface area contributed by atoms with Crippen LogP contribution in [0.15, 0.2) is 60.7 Å². The summed E-state index contributed by atoms with van der Waals surface area (Å²) in [5.74, 6) is -1.80. The van der Waals surface area contributed by atoms with E-state index in [9.17, 15) is 24.0 Å². The summed E-state index contributed by atoms with van der Waals surface area (Å²) in [4.78, 5) is 81.2. The first-order valence-electron chi connectivity index (χ1n) is 22.5. The number of piperidine rings is 4. The lowest BCUT2D eigenvalue weighted by Gasteiger charge is -2.50. The van der Waals surface area contributed by atoms with Crippen LogP contribution in [0.3, 0.4) is 0 Å². The standard InChI is InChI=1S/C48H53ClN8O5/c1-50-40-10-8-36(30-39(40)49)54-24-16-47(17-25-54)18-26-55(31-47)44(60)32-3-5-33(6-4-32)53-27-19-48(20-28-53)15-2-21-56(48)34-13-22-52(23-14-34)35-7-9-37-38(29-35)46(62)57(45(37)61)41-11-12-42(58)51-43(41)59/h3-10,29-30,34,41H,2,11-28,31H2,(H,51,58,59). The number of hydrogen-bond donors (Lipinski definition) is 1. The van der Waals surface area contributed by atoms with Crippen molar-refractivity contribution >= 4 is 63.9 Å². The average molecular weight is 857 g/mol. The number of rotatable bonds is 6. The Labute approximate surface area is 367 Å². The van der Waals surface area contributed by atoms with Crippen LogP contribution in [0.2, 0.25) is 5.02 Å². The molecule has 14 heteroatoms. The molecule has 2 spiro atoms. The highest BCUT2D eigenvalue weighted by Gasteiger charge is 2.48. The van der Waals surface area contributed by atoms with E-state index < -0.39 is 23.8 Å². The average Bonchev–Trinajstić information content (AvgIpc) is 3.97. The van der Waals surface area contributed by atoms with Crippen molar-refractivity contribution in [2.45, 2.75) is 88.3 Å². The van der Waals surface area contributed by atoms with Crippen LogP contribution in [0, 0.1) is 12.0 Å². The fourth-order valence-electron chi connectivity index (χ4n) is 11.9. The van der Waals surface area contributed by atoms with Crippen LogP contribution in [0.25, 0.3) is 4.85 Å². The predicted molar refractivity (Wildman–Crippen MR) is 237 cm³/mol. The molecule has 13 nitrogen and oxygen atoms in total. The summed E-state index contributed by atoms with van der Waals surface area (Å²) in [6.07, 6.45) is 10.1. The fraction of sp³-hybridized carbons (Fsp3) is 0.500. The van der Waals surface area contributed by atoms with Crippen LogP contribution in [0.1, 0.15) is 102 Å². The summed E-state index contributed by atoms with van der Waals surface area (Å²) in [6.45, 7) is 15.5. The topological polar surface area (TPSA) is 121 Å². The number of likely N-dealkylation sites (tertiary alicyclic amines) is 2. The second kappa shape index (κ2) is 16.0. The number of benzene rings is 3. The maximum Gasteiger partial charge on any atom is 0.262 e. The molecule has 0 bridgehead atoms. The number of amides is 5. The molecule has 3 aromatic carbocycles. The summed E-state index contributed by atoms with van der Waals surface area (Å²) in [5.41, 5.74) is 5.39. The van der Waals surface area contributed by atoms with E-state index in [1.807, 2.05) is 36.4 Å². The molecule has 1 N–H and O–H groups in total. The van der Waals surface area contributed by atoms with Crippen molar-refractivity contribution in [3.8, 4) is 0 Å². The van der Waals surface area contributed by atoms with E-state index in [0.29, 0.717) is 27.9 Å². The van der Waals surface area contributed by atoms with Crippen LogP contribution in [-0.4, -0.2) is 121 Å². The van der Waals surface area contributed by atoms with Crippen LogP contribution >= 0.6 is 11.6 Å². The van der Waals surface area contributed by atoms with Crippen molar-refractivity contribution < 1.29 is 24.0 Å². The summed E-state index contributed by atoms with van der Waals surface area (Å²) in [7, 11) is 0. The first-order valence-corrected chi connectivity index (χ1v) is 22.9. The van der Waals surface area contributed by atoms with Gasteiger partial charge in [0.15, 0.2) is 0 Å². The highest BCUT2D eigenvalue weighted by atomic mass is 35.5. The Hall–Kier alpha value is -5.45. The third kappa shape index (κ3) is 7.19. The summed E-state index contributed by atoms with van der Waals surface area (Å²) in [5, 5.41) is 2.76. The predicted octanol–water partition coefficient (Wildman–Crippen LogP) is 6.53. The van der Waals surface area contributed by atoms with E-state index in [2.05, 4.69) is 46.8 Å². The lowest BCUT2D eigenvalue weighted by molar-refractivity contribution is -0.136. The zero-order chi connectivity index (χ0) is 42.8. The number of halogens is 1. The van der Waals surface area contributed by atoms with Gasteiger partial charge in [-0.05, 0) is 131 Å². The zero-order valence-electron chi connectivity index (χ0n) is 35.1. The molecular formula is C48H53ClN8O5. The third-order valence-electron chi connectivity index (χ3n) is 15.5. The minimum Gasteiger partial charge on any atom is -0.372 e. The molecule has 10 rings (SSSR count). The van der Waals surface area contributed by atoms with Crippen LogP contribution in [0.5, 0.6) is 0 Å². The van der Waals surface area contributed by atoms with E-state index in [1.165, 1.54) is 18.5 Å². The van der Waals surface area contributed by atoms with E-state index in [4.69, 9.17) is 18.2 Å². The molecule has 7 aliphatic rings. The first-order chi connectivity index (χ1) is 30.0. The van der Waals surface area contributed by atoms with E-state index in [1.54, 1.807) is 12.1 Å². The van der Waals surface area contributed by atoms with Gasteiger partial charge in [0, 0.05) is 98.0 Å². The first kappa shape index (κ1) is 40.6. The second-order valence-corrected chi connectivity index (χ2v) is 19.1. The second-order valence-electron chi connectivity index (χ2n) is 18.7. The van der Waals surface area contributed by atoms with Gasteiger partial charge >= 0.3 is 0 Å². The van der Waals surface area contributed by atoms with E-state index in [0.717, 1.165) is 126 Å². The molecule has 0 radical (unpaired) electrons. The van der Waals surface area contributed by atoms with Crippen molar-refractivity contribution in [3.05, 3.63) is 93.8 Å². The van der Waals surface area contributed by atoms with Gasteiger partial charge in [-0.3, -0.25) is 39.1 Å². The number of carbonyl (C=O) groups is 5. The minimum absolute atomic E-state index is 0.0984. The van der Waals surface area contributed by atoms with Gasteiger partial charge < -0.3 is 19.6 Å². The largest absolute Gasteiger partial charge is 0.372 e. The molecule has 7 aliphatic heterocycles. The Morgan fingerprint density at radius 1 is 0.694 bits per heavy atom.